The molecule has 0 amide bonds. The summed E-state index contributed by atoms with van der Waals surface area (Å²) in [6.45, 7) is 1.86. The van der Waals surface area contributed by atoms with Gasteiger partial charge in [-0.2, -0.15) is 5.10 Å². The summed E-state index contributed by atoms with van der Waals surface area (Å²) in [5, 5.41) is 4.09. The molecule has 4 nitrogen and oxygen atoms in total. The fourth-order valence-electron chi connectivity index (χ4n) is 1.26. The number of nitrogens with two attached hydrogens (primary N) is 1. The van der Waals surface area contributed by atoms with Crippen LogP contribution in [0.2, 0.25) is 0 Å². The Hall–Kier alpha value is -1.33. The lowest BCUT2D eigenvalue weighted by atomic mass is 10.3. The van der Waals surface area contributed by atoms with Gasteiger partial charge in [0.05, 0.1) is 18.6 Å². The maximum absolute atomic E-state index is 5.68. The van der Waals surface area contributed by atoms with Crippen molar-refractivity contribution in [3.05, 3.63) is 41.1 Å². The first-order valence-corrected chi connectivity index (χ1v) is 5.67. The van der Waals surface area contributed by atoms with Crippen LogP contribution in [0.15, 0.2) is 41.1 Å². The lowest BCUT2D eigenvalue weighted by molar-refractivity contribution is 0.473. The molecule has 0 aliphatic heterocycles. The Morgan fingerprint density at radius 1 is 1.44 bits per heavy atom. The molecule has 1 heterocycles. The van der Waals surface area contributed by atoms with Gasteiger partial charge in [-0.3, -0.25) is 4.68 Å². The van der Waals surface area contributed by atoms with Crippen molar-refractivity contribution in [2.75, 3.05) is 0 Å². The second-order valence-corrected chi connectivity index (χ2v) is 4.37. The number of hydrogen-bond acceptors (Lipinski definition) is 3. The molecule has 2 aromatic rings. The normalized spacial score (nSPS) is 12.4. The van der Waals surface area contributed by atoms with Gasteiger partial charge in [-0.25, -0.2) is 0 Å². The highest BCUT2D eigenvalue weighted by Gasteiger charge is 2.03. The SMILES string of the molecule is CC(N)n1cc(Oc2cccc(Br)c2)cn1. The third kappa shape index (κ3) is 2.62. The van der Waals surface area contributed by atoms with E-state index < -0.39 is 0 Å². The van der Waals surface area contributed by atoms with Crippen LogP contribution in [0.3, 0.4) is 0 Å². The number of aromatic nitrogens is 2. The summed E-state index contributed by atoms with van der Waals surface area (Å²) >= 11 is 3.38. The molecule has 84 valence electrons. The maximum Gasteiger partial charge on any atom is 0.165 e. The number of nitrogens with zero attached hydrogens (tertiary/aromatic N) is 2. The smallest absolute Gasteiger partial charge is 0.165 e. The predicted octanol–water partition coefficient (Wildman–Crippen LogP) is 2.92. The average molecular weight is 282 g/mol. The molecule has 0 saturated heterocycles. The zero-order valence-corrected chi connectivity index (χ0v) is 10.4. The Labute approximate surface area is 102 Å². The van der Waals surface area contributed by atoms with E-state index in [1.807, 2.05) is 31.2 Å². The Bertz CT molecular complexity index is 482. The molecule has 1 atom stereocenters. The summed E-state index contributed by atoms with van der Waals surface area (Å²) in [4.78, 5) is 0. The minimum Gasteiger partial charge on any atom is -0.454 e. The van der Waals surface area contributed by atoms with Gasteiger partial charge in [0.2, 0.25) is 0 Å². The van der Waals surface area contributed by atoms with Crippen LogP contribution in [-0.4, -0.2) is 9.78 Å². The minimum atomic E-state index is -0.153. The van der Waals surface area contributed by atoms with Crippen molar-refractivity contribution in [2.24, 2.45) is 5.73 Å². The molecule has 1 aromatic heterocycles. The molecule has 0 bridgehead atoms. The van der Waals surface area contributed by atoms with Crippen molar-refractivity contribution in [3.63, 3.8) is 0 Å². The molecule has 0 fully saturated rings. The van der Waals surface area contributed by atoms with Crippen molar-refractivity contribution in [1.29, 1.82) is 0 Å². The summed E-state index contributed by atoms with van der Waals surface area (Å²) in [5.41, 5.74) is 5.68. The highest BCUT2D eigenvalue weighted by atomic mass is 79.9. The van der Waals surface area contributed by atoms with Crippen LogP contribution in [0.25, 0.3) is 0 Å². The summed E-state index contributed by atoms with van der Waals surface area (Å²) in [6.07, 6.45) is 3.26. The van der Waals surface area contributed by atoms with Gasteiger partial charge in [0, 0.05) is 4.47 Å². The van der Waals surface area contributed by atoms with Gasteiger partial charge in [-0.15, -0.1) is 0 Å². The van der Waals surface area contributed by atoms with E-state index in [0.29, 0.717) is 5.75 Å². The van der Waals surface area contributed by atoms with E-state index in [0.717, 1.165) is 10.2 Å². The molecule has 5 heteroatoms. The summed E-state index contributed by atoms with van der Waals surface area (Å²) < 4.78 is 8.24. The molecule has 2 rings (SSSR count). The number of ether oxygens (including phenoxy) is 1. The Morgan fingerprint density at radius 2 is 2.25 bits per heavy atom. The predicted molar refractivity (Wildman–Crippen MR) is 65.3 cm³/mol. The van der Waals surface area contributed by atoms with Crippen molar-refractivity contribution >= 4 is 15.9 Å². The largest absolute Gasteiger partial charge is 0.454 e. The second kappa shape index (κ2) is 4.67. The van der Waals surface area contributed by atoms with Gasteiger partial charge in [0.25, 0.3) is 0 Å². The van der Waals surface area contributed by atoms with E-state index in [4.69, 9.17) is 10.5 Å². The lowest BCUT2D eigenvalue weighted by Crippen LogP contribution is -2.14. The third-order valence-corrected chi connectivity index (χ3v) is 2.52. The minimum absolute atomic E-state index is 0.153. The second-order valence-electron chi connectivity index (χ2n) is 3.46. The lowest BCUT2D eigenvalue weighted by Gasteiger charge is -2.04. The zero-order valence-electron chi connectivity index (χ0n) is 8.80. The number of hydrogen-bond donors (Lipinski definition) is 1. The van der Waals surface area contributed by atoms with Gasteiger partial charge in [-0.05, 0) is 25.1 Å². The number of benzene rings is 1. The maximum atomic E-state index is 5.68. The van der Waals surface area contributed by atoms with E-state index >= 15 is 0 Å². The summed E-state index contributed by atoms with van der Waals surface area (Å²) in [5.74, 6) is 1.44. The van der Waals surface area contributed by atoms with Gasteiger partial charge in [0.1, 0.15) is 5.75 Å². The molecule has 1 unspecified atom stereocenters. The Balaban J connectivity index is 2.14. The van der Waals surface area contributed by atoms with Crippen LogP contribution in [0.1, 0.15) is 13.1 Å². The standard InChI is InChI=1S/C11H12BrN3O/c1-8(13)15-7-11(6-14-15)16-10-4-2-3-9(12)5-10/h2-8H,13H2,1H3. The van der Waals surface area contributed by atoms with Crippen LogP contribution in [0.5, 0.6) is 11.5 Å². The van der Waals surface area contributed by atoms with Crippen molar-refractivity contribution in [2.45, 2.75) is 13.1 Å². The van der Waals surface area contributed by atoms with Crippen molar-refractivity contribution in [1.82, 2.24) is 9.78 Å². The monoisotopic (exact) mass is 281 g/mol. The first-order chi connectivity index (χ1) is 7.65. The van der Waals surface area contributed by atoms with Crippen LogP contribution >= 0.6 is 15.9 Å². The fourth-order valence-corrected chi connectivity index (χ4v) is 1.64. The zero-order chi connectivity index (χ0) is 11.5. The first-order valence-electron chi connectivity index (χ1n) is 4.88. The molecule has 1 aromatic carbocycles. The van der Waals surface area contributed by atoms with Gasteiger partial charge in [0.15, 0.2) is 5.75 Å². The van der Waals surface area contributed by atoms with Crippen molar-refractivity contribution < 1.29 is 4.74 Å². The van der Waals surface area contributed by atoms with E-state index in [1.165, 1.54) is 0 Å². The molecule has 0 radical (unpaired) electrons. The first kappa shape index (κ1) is 11.2. The highest BCUT2D eigenvalue weighted by Crippen LogP contribution is 2.24. The topological polar surface area (TPSA) is 53.1 Å². The van der Waals surface area contributed by atoms with Crippen molar-refractivity contribution in [3.8, 4) is 11.5 Å². The molecular formula is C11H12BrN3O. The summed E-state index contributed by atoms with van der Waals surface area (Å²) in [7, 11) is 0. The van der Waals surface area contributed by atoms with E-state index in [1.54, 1.807) is 17.1 Å². The molecule has 2 N–H and O–H groups in total. The van der Waals surface area contributed by atoms with E-state index in [-0.39, 0.29) is 6.17 Å². The van der Waals surface area contributed by atoms with Gasteiger partial charge < -0.3 is 10.5 Å². The Kier molecular flexibility index (Phi) is 3.26. The Morgan fingerprint density at radius 3 is 2.88 bits per heavy atom. The number of halogens is 1. The van der Waals surface area contributed by atoms with Crippen LogP contribution in [-0.2, 0) is 0 Å². The van der Waals surface area contributed by atoms with E-state index in [9.17, 15) is 0 Å². The van der Waals surface area contributed by atoms with Crippen LogP contribution < -0.4 is 10.5 Å². The molecule has 16 heavy (non-hydrogen) atoms. The molecule has 0 spiro atoms. The van der Waals surface area contributed by atoms with Gasteiger partial charge >= 0.3 is 0 Å². The quantitative estimate of drug-likeness (QED) is 0.941. The van der Waals surface area contributed by atoms with Crippen LogP contribution in [0, 0.1) is 0 Å². The molecule has 0 aliphatic rings. The highest BCUT2D eigenvalue weighted by molar-refractivity contribution is 9.10. The van der Waals surface area contributed by atoms with Crippen LogP contribution in [0.4, 0.5) is 0 Å². The average Bonchev–Trinajstić information content (AvgIpc) is 2.66. The van der Waals surface area contributed by atoms with E-state index in [2.05, 4.69) is 21.0 Å². The fraction of sp³-hybridized carbons (Fsp3) is 0.182. The molecule has 0 aliphatic carbocycles. The van der Waals surface area contributed by atoms with Gasteiger partial charge in [-0.1, -0.05) is 22.0 Å². The molecular weight excluding hydrogens is 270 g/mol. The third-order valence-electron chi connectivity index (χ3n) is 2.03. The number of rotatable bonds is 3. The summed E-state index contributed by atoms with van der Waals surface area (Å²) in [6, 6.07) is 7.63. The molecule has 0 saturated carbocycles.